The number of benzene rings is 1. The summed E-state index contributed by atoms with van der Waals surface area (Å²) < 4.78 is 16.4. The number of halogens is 1. The van der Waals surface area contributed by atoms with Crippen molar-refractivity contribution in [2.75, 3.05) is 5.73 Å². The van der Waals surface area contributed by atoms with Crippen LogP contribution in [0.1, 0.15) is 19.9 Å². The number of nitrogens with two attached hydrogens (primary N) is 1. The van der Waals surface area contributed by atoms with Crippen LogP contribution >= 0.6 is 0 Å². The number of anilines is 1. The summed E-state index contributed by atoms with van der Waals surface area (Å²) in [7, 11) is 0. The monoisotopic (exact) mass is 302 g/mol. The van der Waals surface area contributed by atoms with Gasteiger partial charge in [-0.05, 0) is 38.1 Å². The van der Waals surface area contributed by atoms with Crippen LogP contribution in [0.15, 0.2) is 41.3 Å². The van der Waals surface area contributed by atoms with Crippen LogP contribution in [0.3, 0.4) is 0 Å². The maximum Gasteiger partial charge on any atom is 0.364 e. The lowest BCUT2D eigenvalue weighted by Gasteiger charge is -2.07. The summed E-state index contributed by atoms with van der Waals surface area (Å²) >= 11 is 0. The van der Waals surface area contributed by atoms with E-state index in [2.05, 4.69) is 4.98 Å². The summed E-state index contributed by atoms with van der Waals surface area (Å²) in [6.07, 6.45) is 1.55. The summed E-state index contributed by atoms with van der Waals surface area (Å²) in [5, 5.41) is 0. The average molecular weight is 302 g/mol. The second-order valence-corrected chi connectivity index (χ2v) is 5.17. The van der Waals surface area contributed by atoms with Gasteiger partial charge < -0.3 is 10.6 Å². The number of nitrogens with zero attached hydrogens (tertiary/aromatic N) is 3. The van der Waals surface area contributed by atoms with Gasteiger partial charge in [0.25, 0.3) is 0 Å². The number of fused-ring (bicyclic) bond motifs is 1. The van der Waals surface area contributed by atoms with Gasteiger partial charge >= 0.3 is 5.69 Å². The number of nitrogen functional groups attached to an aromatic ring is 1. The Morgan fingerprint density at radius 3 is 2.77 bits per heavy atom. The van der Waals surface area contributed by atoms with Crippen LogP contribution in [0.2, 0.25) is 0 Å². The number of hydrogen-bond acceptors (Lipinski definition) is 4. The van der Waals surface area contributed by atoms with E-state index in [0.29, 0.717) is 11.2 Å². The molecule has 0 saturated carbocycles. The Bertz CT molecular complexity index is 898. The Kier molecular flexibility index (Phi) is 3.32. The van der Waals surface area contributed by atoms with E-state index in [1.54, 1.807) is 18.3 Å². The van der Waals surface area contributed by atoms with Crippen LogP contribution in [-0.2, 0) is 0 Å². The minimum atomic E-state index is -0.645. The molecule has 0 bridgehead atoms. The van der Waals surface area contributed by atoms with E-state index in [4.69, 9.17) is 10.6 Å². The molecule has 0 radical (unpaired) electrons. The minimum absolute atomic E-state index is 0.0830. The quantitative estimate of drug-likeness (QED) is 0.754. The second kappa shape index (κ2) is 5.18. The highest BCUT2D eigenvalue weighted by molar-refractivity contribution is 5.71. The summed E-state index contributed by atoms with van der Waals surface area (Å²) in [6, 6.07) is 7.42. The van der Waals surface area contributed by atoms with E-state index in [1.165, 1.54) is 16.7 Å². The Morgan fingerprint density at radius 1 is 1.32 bits per heavy atom. The van der Waals surface area contributed by atoms with Crippen molar-refractivity contribution in [1.82, 2.24) is 14.3 Å². The SMILES string of the molecule is CC(C)n1c(=O)n(Oc2ccc(N)cc2F)c2ncccc21. The number of pyridine rings is 1. The fourth-order valence-corrected chi connectivity index (χ4v) is 2.30. The van der Waals surface area contributed by atoms with E-state index in [1.807, 2.05) is 13.8 Å². The first-order valence-corrected chi connectivity index (χ1v) is 6.80. The number of hydrogen-bond donors (Lipinski definition) is 1. The van der Waals surface area contributed by atoms with E-state index in [-0.39, 0.29) is 17.5 Å². The molecule has 6 nitrogen and oxygen atoms in total. The molecule has 2 heterocycles. The van der Waals surface area contributed by atoms with Gasteiger partial charge in [0.05, 0.1) is 5.52 Å². The van der Waals surface area contributed by atoms with E-state index in [9.17, 15) is 9.18 Å². The topological polar surface area (TPSA) is 75.1 Å². The van der Waals surface area contributed by atoms with Crippen LogP contribution in [0, 0.1) is 5.82 Å². The smallest absolute Gasteiger partial charge is 0.364 e. The maximum absolute atomic E-state index is 13.9. The van der Waals surface area contributed by atoms with Crippen molar-refractivity contribution in [1.29, 1.82) is 0 Å². The predicted molar refractivity (Wildman–Crippen MR) is 81.2 cm³/mol. The maximum atomic E-state index is 13.9. The molecule has 2 aromatic heterocycles. The number of imidazole rings is 1. The number of rotatable bonds is 3. The van der Waals surface area contributed by atoms with Crippen molar-refractivity contribution < 1.29 is 9.23 Å². The molecule has 0 saturated heterocycles. The van der Waals surface area contributed by atoms with E-state index < -0.39 is 11.5 Å². The van der Waals surface area contributed by atoms with Gasteiger partial charge in [0.2, 0.25) is 0 Å². The molecule has 22 heavy (non-hydrogen) atoms. The lowest BCUT2D eigenvalue weighted by Crippen LogP contribution is -2.28. The Hall–Kier alpha value is -2.83. The standard InChI is InChI=1S/C15H15FN4O2/c1-9(2)19-12-4-3-7-18-14(12)20(15(19)21)22-13-6-5-10(17)8-11(13)16/h3-9H,17H2,1-2H3. The average Bonchev–Trinajstić information content (AvgIpc) is 2.74. The van der Waals surface area contributed by atoms with Crippen molar-refractivity contribution in [2.45, 2.75) is 19.9 Å². The molecule has 3 rings (SSSR count). The summed E-state index contributed by atoms with van der Waals surface area (Å²) in [6.45, 7) is 3.75. The molecule has 3 aromatic rings. The van der Waals surface area contributed by atoms with Crippen LogP contribution in [0.25, 0.3) is 11.2 Å². The highest BCUT2D eigenvalue weighted by atomic mass is 19.1. The molecule has 0 unspecified atom stereocenters. The first-order chi connectivity index (χ1) is 10.5. The molecule has 114 valence electrons. The third kappa shape index (κ3) is 2.20. The first kappa shape index (κ1) is 14.1. The van der Waals surface area contributed by atoms with Gasteiger partial charge in [-0.1, -0.05) is 0 Å². The van der Waals surface area contributed by atoms with Crippen LogP contribution in [0.4, 0.5) is 10.1 Å². The van der Waals surface area contributed by atoms with Crippen LogP contribution in [0.5, 0.6) is 5.75 Å². The van der Waals surface area contributed by atoms with Gasteiger partial charge in [-0.25, -0.2) is 14.2 Å². The third-order valence-corrected chi connectivity index (χ3v) is 3.26. The van der Waals surface area contributed by atoms with Gasteiger partial charge in [-0.3, -0.25) is 4.57 Å². The van der Waals surface area contributed by atoms with Crippen molar-refractivity contribution in [3.63, 3.8) is 0 Å². The lowest BCUT2D eigenvalue weighted by molar-refractivity contribution is 0.200. The molecule has 0 atom stereocenters. The Balaban J connectivity index is 2.19. The van der Waals surface area contributed by atoms with E-state index in [0.717, 1.165) is 10.8 Å². The van der Waals surface area contributed by atoms with Gasteiger partial charge in [0.1, 0.15) is 0 Å². The minimum Gasteiger partial charge on any atom is -0.399 e. The lowest BCUT2D eigenvalue weighted by atomic mass is 10.3. The zero-order valence-electron chi connectivity index (χ0n) is 12.2. The molecule has 2 N–H and O–H groups in total. The highest BCUT2D eigenvalue weighted by Gasteiger charge is 2.18. The number of aromatic nitrogens is 3. The third-order valence-electron chi connectivity index (χ3n) is 3.26. The molecule has 0 aliphatic rings. The molecular weight excluding hydrogens is 287 g/mol. The van der Waals surface area contributed by atoms with E-state index >= 15 is 0 Å². The summed E-state index contributed by atoms with van der Waals surface area (Å²) in [5.41, 5.74) is 6.32. The zero-order valence-corrected chi connectivity index (χ0v) is 12.2. The first-order valence-electron chi connectivity index (χ1n) is 6.80. The Morgan fingerprint density at radius 2 is 2.09 bits per heavy atom. The fourth-order valence-electron chi connectivity index (χ4n) is 2.30. The van der Waals surface area contributed by atoms with Gasteiger partial charge in [0, 0.05) is 24.0 Å². The molecule has 7 heteroatoms. The molecule has 0 aliphatic heterocycles. The molecule has 1 aromatic carbocycles. The van der Waals surface area contributed by atoms with Crippen LogP contribution < -0.4 is 16.3 Å². The van der Waals surface area contributed by atoms with Gasteiger partial charge in [-0.15, -0.1) is 4.73 Å². The van der Waals surface area contributed by atoms with Crippen molar-refractivity contribution >= 4 is 16.9 Å². The molecular formula is C15H15FN4O2. The van der Waals surface area contributed by atoms with Crippen molar-refractivity contribution in [3.8, 4) is 5.75 Å². The Labute approximate surface area is 125 Å². The normalized spacial score (nSPS) is 11.3. The molecule has 0 amide bonds. The molecule has 0 fully saturated rings. The fraction of sp³-hybridized carbons (Fsp3) is 0.200. The van der Waals surface area contributed by atoms with Gasteiger partial charge in [-0.2, -0.15) is 0 Å². The molecule has 0 aliphatic carbocycles. The predicted octanol–water partition coefficient (Wildman–Crippen LogP) is 2.34. The highest BCUT2D eigenvalue weighted by Crippen LogP contribution is 2.21. The van der Waals surface area contributed by atoms with Crippen molar-refractivity contribution in [3.05, 3.63) is 52.8 Å². The van der Waals surface area contributed by atoms with Crippen LogP contribution in [-0.4, -0.2) is 14.3 Å². The second-order valence-electron chi connectivity index (χ2n) is 5.17. The van der Waals surface area contributed by atoms with Crippen molar-refractivity contribution in [2.24, 2.45) is 0 Å². The van der Waals surface area contributed by atoms with Gasteiger partial charge in [0.15, 0.2) is 17.2 Å². The zero-order chi connectivity index (χ0) is 15.9. The largest absolute Gasteiger partial charge is 0.399 e. The summed E-state index contributed by atoms with van der Waals surface area (Å²) in [4.78, 5) is 22.1. The molecule has 0 spiro atoms. The summed E-state index contributed by atoms with van der Waals surface area (Å²) in [5.74, 6) is -0.738.